The number of nitrogens with zero attached hydrogens (tertiary/aromatic N) is 3. The number of para-hydroxylation sites is 1. The van der Waals surface area contributed by atoms with Crippen LogP contribution in [0, 0.1) is 13.8 Å². The molecule has 0 aliphatic carbocycles. The van der Waals surface area contributed by atoms with Crippen LogP contribution in [0.15, 0.2) is 62.5 Å². The number of nitrogens with one attached hydrogen (secondary N) is 1. The predicted octanol–water partition coefficient (Wildman–Crippen LogP) is 3.54. The molecule has 0 saturated heterocycles. The molecule has 1 aromatic carbocycles. The van der Waals surface area contributed by atoms with Crippen LogP contribution in [0.5, 0.6) is 0 Å². The second-order valence-corrected chi connectivity index (χ2v) is 9.96. The summed E-state index contributed by atoms with van der Waals surface area (Å²) < 4.78 is 40.0. The lowest BCUT2D eigenvalue weighted by molar-refractivity contribution is -0.122. The first-order valence-corrected chi connectivity index (χ1v) is 11.9. The maximum Gasteiger partial charge on any atom is 0.246 e. The van der Waals surface area contributed by atoms with Crippen molar-refractivity contribution >= 4 is 26.9 Å². The highest BCUT2D eigenvalue weighted by Gasteiger charge is 2.30. The van der Waals surface area contributed by atoms with E-state index in [1.165, 1.54) is 22.3 Å². The third kappa shape index (κ3) is 4.57. The Morgan fingerprint density at radius 1 is 1.21 bits per heavy atom. The molecule has 0 aliphatic heterocycles. The largest absolute Gasteiger partial charge is 0.468 e. The van der Waals surface area contributed by atoms with Gasteiger partial charge in [0.05, 0.1) is 30.2 Å². The van der Waals surface area contributed by atoms with Gasteiger partial charge in [0.2, 0.25) is 15.9 Å². The summed E-state index contributed by atoms with van der Waals surface area (Å²) in [6, 6.07) is 12.6. The molecule has 9 nitrogen and oxygen atoms in total. The summed E-state index contributed by atoms with van der Waals surface area (Å²) in [5.41, 5.74) is 1.47. The molecule has 0 fully saturated rings. The number of rotatable bonds is 8. The highest BCUT2D eigenvalue weighted by molar-refractivity contribution is 7.89. The van der Waals surface area contributed by atoms with Gasteiger partial charge in [-0.1, -0.05) is 18.2 Å². The maximum atomic E-state index is 13.2. The summed E-state index contributed by atoms with van der Waals surface area (Å²) in [5.74, 6) is 0.866. The molecule has 0 bridgehead atoms. The fourth-order valence-electron chi connectivity index (χ4n) is 3.78. The van der Waals surface area contributed by atoms with E-state index in [1.54, 1.807) is 26.0 Å². The highest BCUT2D eigenvalue weighted by Crippen LogP contribution is 2.25. The van der Waals surface area contributed by atoms with Gasteiger partial charge in [0.25, 0.3) is 0 Å². The van der Waals surface area contributed by atoms with Gasteiger partial charge >= 0.3 is 0 Å². The minimum Gasteiger partial charge on any atom is -0.468 e. The predicted molar refractivity (Wildman–Crippen MR) is 122 cm³/mol. The molecule has 0 aliphatic rings. The van der Waals surface area contributed by atoms with Crippen molar-refractivity contribution in [3.63, 3.8) is 0 Å². The minimum absolute atomic E-state index is 0.0922. The first kappa shape index (κ1) is 22.8. The molecule has 1 atom stereocenters. The van der Waals surface area contributed by atoms with Gasteiger partial charge in [-0.25, -0.2) is 8.42 Å². The molecule has 4 aromatic rings. The van der Waals surface area contributed by atoms with Gasteiger partial charge in [-0.15, -0.1) is 0 Å². The molecule has 33 heavy (non-hydrogen) atoms. The number of hydrogen-bond acceptors (Lipinski definition) is 6. The SMILES string of the molecule is Cc1nn(CC(=O)N[C@@H](C)c2cc3ccccc3o2)c(C)c1S(=O)(=O)N(C)Cc1ccco1. The Bertz CT molecular complexity index is 1350. The Labute approximate surface area is 192 Å². The number of hydrogen-bond donors (Lipinski definition) is 1. The molecule has 174 valence electrons. The fraction of sp³-hybridized carbons (Fsp3) is 0.304. The van der Waals surface area contributed by atoms with E-state index in [1.807, 2.05) is 37.3 Å². The zero-order valence-electron chi connectivity index (χ0n) is 18.9. The third-order valence-electron chi connectivity index (χ3n) is 5.48. The lowest BCUT2D eigenvalue weighted by atomic mass is 10.2. The Hall–Kier alpha value is -3.37. The summed E-state index contributed by atoms with van der Waals surface area (Å²) in [4.78, 5) is 12.8. The van der Waals surface area contributed by atoms with Crippen LogP contribution in [0.4, 0.5) is 0 Å². The second-order valence-electron chi connectivity index (χ2n) is 7.97. The van der Waals surface area contributed by atoms with Crippen molar-refractivity contribution in [3.8, 4) is 0 Å². The zero-order chi connectivity index (χ0) is 23.8. The summed E-state index contributed by atoms with van der Waals surface area (Å²) in [6.45, 7) is 5.06. The smallest absolute Gasteiger partial charge is 0.246 e. The van der Waals surface area contributed by atoms with E-state index in [0.29, 0.717) is 22.9 Å². The topological polar surface area (TPSA) is 111 Å². The molecule has 1 N–H and O–H groups in total. The normalized spacial score (nSPS) is 13.0. The molecule has 0 spiro atoms. The van der Waals surface area contributed by atoms with E-state index >= 15 is 0 Å². The van der Waals surface area contributed by atoms with Crippen LogP contribution in [0.2, 0.25) is 0 Å². The van der Waals surface area contributed by atoms with Gasteiger partial charge in [0, 0.05) is 12.4 Å². The number of amides is 1. The molecular formula is C23H26N4O5S. The van der Waals surface area contributed by atoms with Gasteiger partial charge < -0.3 is 14.2 Å². The Morgan fingerprint density at radius 2 is 1.97 bits per heavy atom. The Morgan fingerprint density at radius 3 is 2.67 bits per heavy atom. The van der Waals surface area contributed by atoms with E-state index in [-0.39, 0.29) is 29.9 Å². The van der Waals surface area contributed by atoms with Crippen molar-refractivity contribution in [2.24, 2.45) is 0 Å². The van der Waals surface area contributed by atoms with E-state index < -0.39 is 10.0 Å². The van der Waals surface area contributed by atoms with Crippen molar-refractivity contribution in [2.45, 2.75) is 44.8 Å². The molecule has 3 heterocycles. The van der Waals surface area contributed by atoms with E-state index in [4.69, 9.17) is 8.83 Å². The lowest BCUT2D eigenvalue weighted by Crippen LogP contribution is -2.31. The quantitative estimate of drug-likeness (QED) is 0.422. The van der Waals surface area contributed by atoms with Crippen molar-refractivity contribution in [1.82, 2.24) is 19.4 Å². The number of carbonyl (C=O) groups is 1. The van der Waals surface area contributed by atoms with Gasteiger partial charge in [0.15, 0.2) is 0 Å². The van der Waals surface area contributed by atoms with Crippen LogP contribution >= 0.6 is 0 Å². The molecule has 10 heteroatoms. The van der Waals surface area contributed by atoms with E-state index in [9.17, 15) is 13.2 Å². The summed E-state index contributed by atoms with van der Waals surface area (Å²) >= 11 is 0. The van der Waals surface area contributed by atoms with Crippen LogP contribution < -0.4 is 5.32 Å². The monoisotopic (exact) mass is 470 g/mol. The van der Waals surface area contributed by atoms with Gasteiger partial charge in [0.1, 0.15) is 28.5 Å². The molecule has 3 aromatic heterocycles. The van der Waals surface area contributed by atoms with Gasteiger partial charge in [-0.2, -0.15) is 9.40 Å². The highest BCUT2D eigenvalue weighted by atomic mass is 32.2. The fourth-order valence-corrected chi connectivity index (χ4v) is 5.28. The molecule has 4 rings (SSSR count). The summed E-state index contributed by atoms with van der Waals surface area (Å²) in [6.07, 6.45) is 1.50. The first-order valence-electron chi connectivity index (χ1n) is 10.5. The maximum absolute atomic E-state index is 13.2. The molecule has 0 radical (unpaired) electrons. The molecule has 0 unspecified atom stereocenters. The average Bonchev–Trinajstić information content (AvgIpc) is 3.47. The number of sulfonamides is 1. The number of fused-ring (bicyclic) bond motifs is 1. The zero-order valence-corrected chi connectivity index (χ0v) is 19.7. The number of furan rings is 2. The van der Waals surface area contributed by atoms with Crippen LogP contribution in [0.25, 0.3) is 11.0 Å². The van der Waals surface area contributed by atoms with Crippen molar-refractivity contribution in [3.05, 3.63) is 71.6 Å². The molecule has 0 saturated carbocycles. The number of aryl methyl sites for hydroxylation is 1. The van der Waals surface area contributed by atoms with Crippen LogP contribution in [-0.4, -0.2) is 35.5 Å². The first-order chi connectivity index (χ1) is 15.7. The van der Waals surface area contributed by atoms with Crippen LogP contribution in [-0.2, 0) is 27.9 Å². The van der Waals surface area contributed by atoms with Crippen molar-refractivity contribution in [2.75, 3.05) is 7.05 Å². The number of aromatic nitrogens is 2. The molecular weight excluding hydrogens is 444 g/mol. The minimum atomic E-state index is -3.83. The van der Waals surface area contributed by atoms with Crippen LogP contribution in [0.3, 0.4) is 0 Å². The second kappa shape index (κ2) is 8.87. The molecule has 1 amide bonds. The third-order valence-corrected chi connectivity index (χ3v) is 7.54. The van der Waals surface area contributed by atoms with Crippen molar-refractivity contribution in [1.29, 1.82) is 0 Å². The number of benzene rings is 1. The van der Waals surface area contributed by atoms with Crippen molar-refractivity contribution < 1.29 is 22.0 Å². The van der Waals surface area contributed by atoms with E-state index in [0.717, 1.165) is 11.0 Å². The van der Waals surface area contributed by atoms with Gasteiger partial charge in [-0.3, -0.25) is 9.48 Å². The summed E-state index contributed by atoms with van der Waals surface area (Å²) in [5, 5.41) is 8.16. The average molecular weight is 471 g/mol. The Balaban J connectivity index is 1.48. The standard InChI is InChI=1S/C23H26N4O5S/c1-15(21-12-18-8-5-6-10-20(18)32-21)24-22(28)14-27-17(3)23(16(2)25-27)33(29,30)26(4)13-19-9-7-11-31-19/h5-12,15H,13-14H2,1-4H3,(H,24,28)/t15-/m0/s1. The Kier molecular flexibility index (Phi) is 6.13. The number of carbonyl (C=O) groups excluding carboxylic acids is 1. The summed E-state index contributed by atoms with van der Waals surface area (Å²) in [7, 11) is -2.35. The van der Waals surface area contributed by atoms with Gasteiger partial charge in [-0.05, 0) is 45.0 Å². The van der Waals surface area contributed by atoms with E-state index in [2.05, 4.69) is 10.4 Å². The lowest BCUT2D eigenvalue weighted by Gasteiger charge is -2.16. The van der Waals surface area contributed by atoms with Crippen LogP contribution in [0.1, 0.15) is 35.9 Å².